The molecule has 2 rings (SSSR count). The van der Waals surface area contributed by atoms with E-state index in [9.17, 15) is 9.59 Å². The van der Waals surface area contributed by atoms with E-state index in [0.29, 0.717) is 17.2 Å². The third-order valence-electron chi connectivity index (χ3n) is 4.58. The van der Waals surface area contributed by atoms with Gasteiger partial charge < -0.3 is 24.3 Å². The maximum absolute atomic E-state index is 12.2. The molecule has 7 nitrogen and oxygen atoms in total. The SMILES string of the molecule is COc1ccc(OC)c([C@H](C)NC(=O)COC(=O)COc2c(C)cc(C)cc2C)c1. The highest BCUT2D eigenvalue weighted by Crippen LogP contribution is 2.29. The lowest BCUT2D eigenvalue weighted by molar-refractivity contribution is -0.150. The third-order valence-corrected chi connectivity index (χ3v) is 4.58. The van der Waals surface area contributed by atoms with Crippen LogP contribution in [0.3, 0.4) is 0 Å². The van der Waals surface area contributed by atoms with Gasteiger partial charge in [-0.05, 0) is 57.0 Å². The van der Waals surface area contributed by atoms with E-state index >= 15 is 0 Å². The maximum Gasteiger partial charge on any atom is 0.344 e. The molecule has 162 valence electrons. The molecule has 1 atom stereocenters. The smallest absolute Gasteiger partial charge is 0.344 e. The summed E-state index contributed by atoms with van der Waals surface area (Å²) < 4.78 is 21.2. The van der Waals surface area contributed by atoms with Crippen LogP contribution >= 0.6 is 0 Å². The Hall–Kier alpha value is -3.22. The first-order chi connectivity index (χ1) is 14.2. The number of esters is 1. The first kappa shape index (κ1) is 23.1. The van der Waals surface area contributed by atoms with Crippen molar-refractivity contribution in [1.29, 1.82) is 0 Å². The van der Waals surface area contributed by atoms with E-state index in [1.54, 1.807) is 32.4 Å². The number of carbonyl (C=O) groups is 2. The fourth-order valence-corrected chi connectivity index (χ4v) is 3.25. The highest BCUT2D eigenvalue weighted by molar-refractivity contribution is 5.81. The minimum absolute atomic E-state index is 0.267. The van der Waals surface area contributed by atoms with Gasteiger partial charge >= 0.3 is 5.97 Å². The monoisotopic (exact) mass is 415 g/mol. The number of methoxy groups -OCH3 is 2. The Morgan fingerprint density at radius 1 is 0.967 bits per heavy atom. The Morgan fingerprint density at radius 3 is 2.23 bits per heavy atom. The molecule has 0 aliphatic carbocycles. The van der Waals surface area contributed by atoms with Crippen LogP contribution in [0.4, 0.5) is 0 Å². The van der Waals surface area contributed by atoms with Gasteiger partial charge in [0.05, 0.1) is 20.3 Å². The standard InChI is InChI=1S/C23H29NO6/c1-14-9-15(2)23(16(3)10-14)30-13-22(26)29-12-21(25)24-17(4)19-11-18(27-5)7-8-20(19)28-6/h7-11,17H,12-13H2,1-6H3,(H,24,25)/t17-/m0/s1. The van der Waals surface area contributed by atoms with Crippen molar-refractivity contribution in [2.75, 3.05) is 27.4 Å². The highest BCUT2D eigenvalue weighted by Gasteiger charge is 2.17. The number of benzene rings is 2. The lowest BCUT2D eigenvalue weighted by Gasteiger charge is -2.18. The number of aryl methyl sites for hydroxylation is 3. The number of hydrogen-bond donors (Lipinski definition) is 1. The van der Waals surface area contributed by atoms with Crippen LogP contribution in [0.2, 0.25) is 0 Å². The number of hydrogen-bond acceptors (Lipinski definition) is 6. The summed E-state index contributed by atoms with van der Waals surface area (Å²) in [5.74, 6) is 0.885. The lowest BCUT2D eigenvalue weighted by atomic mass is 10.1. The van der Waals surface area contributed by atoms with Gasteiger partial charge in [0.25, 0.3) is 5.91 Å². The Balaban J connectivity index is 1.86. The minimum Gasteiger partial charge on any atom is -0.497 e. The molecular formula is C23H29NO6. The molecule has 1 amide bonds. The van der Waals surface area contributed by atoms with Crippen LogP contribution in [0, 0.1) is 20.8 Å². The molecule has 0 bridgehead atoms. The van der Waals surface area contributed by atoms with Crippen molar-refractivity contribution in [3.8, 4) is 17.2 Å². The molecule has 0 aliphatic heterocycles. The molecule has 0 radical (unpaired) electrons. The molecule has 2 aromatic carbocycles. The summed E-state index contributed by atoms with van der Waals surface area (Å²) in [7, 11) is 3.12. The van der Waals surface area contributed by atoms with Crippen molar-refractivity contribution < 1.29 is 28.5 Å². The third kappa shape index (κ3) is 6.14. The Labute approximate surface area is 177 Å². The molecule has 0 saturated heterocycles. The van der Waals surface area contributed by atoms with E-state index in [1.807, 2.05) is 39.8 Å². The molecule has 7 heteroatoms. The van der Waals surface area contributed by atoms with Gasteiger partial charge in [-0.15, -0.1) is 0 Å². The molecule has 0 saturated carbocycles. The highest BCUT2D eigenvalue weighted by atomic mass is 16.6. The van der Waals surface area contributed by atoms with Crippen molar-refractivity contribution in [1.82, 2.24) is 5.32 Å². The predicted octanol–water partition coefficient (Wildman–Crippen LogP) is 3.43. The van der Waals surface area contributed by atoms with Crippen LogP contribution in [-0.2, 0) is 14.3 Å². The molecule has 0 spiro atoms. The first-order valence-electron chi connectivity index (χ1n) is 9.62. The Bertz CT molecular complexity index is 886. The molecule has 0 unspecified atom stereocenters. The zero-order chi connectivity index (χ0) is 22.3. The van der Waals surface area contributed by atoms with E-state index in [1.165, 1.54) is 0 Å². The number of carbonyl (C=O) groups excluding carboxylic acids is 2. The largest absolute Gasteiger partial charge is 0.497 e. The lowest BCUT2D eigenvalue weighted by Crippen LogP contribution is -2.32. The summed E-state index contributed by atoms with van der Waals surface area (Å²) in [4.78, 5) is 24.2. The quantitative estimate of drug-likeness (QED) is 0.632. The van der Waals surface area contributed by atoms with Crippen LogP contribution in [0.25, 0.3) is 0 Å². The number of nitrogens with one attached hydrogen (secondary N) is 1. The number of amides is 1. The van der Waals surface area contributed by atoms with E-state index < -0.39 is 18.5 Å². The summed E-state index contributed by atoms with van der Waals surface area (Å²) in [6, 6.07) is 8.93. The molecular weight excluding hydrogens is 386 g/mol. The second kappa shape index (κ2) is 10.5. The second-order valence-electron chi connectivity index (χ2n) is 7.07. The zero-order valence-corrected chi connectivity index (χ0v) is 18.3. The van der Waals surface area contributed by atoms with Gasteiger partial charge in [-0.1, -0.05) is 17.7 Å². The number of ether oxygens (including phenoxy) is 4. The summed E-state index contributed by atoms with van der Waals surface area (Å²) in [5.41, 5.74) is 3.77. The Kier molecular flexibility index (Phi) is 8.09. The molecule has 1 N–H and O–H groups in total. The van der Waals surface area contributed by atoms with Gasteiger partial charge in [0.15, 0.2) is 13.2 Å². The first-order valence-corrected chi connectivity index (χ1v) is 9.62. The van der Waals surface area contributed by atoms with Crippen LogP contribution in [-0.4, -0.2) is 39.3 Å². The average molecular weight is 415 g/mol. The minimum atomic E-state index is -0.615. The van der Waals surface area contributed by atoms with Gasteiger partial charge in [-0.3, -0.25) is 4.79 Å². The summed E-state index contributed by atoms with van der Waals surface area (Å²) in [6.45, 7) is 6.98. The summed E-state index contributed by atoms with van der Waals surface area (Å²) in [5, 5.41) is 2.78. The van der Waals surface area contributed by atoms with E-state index in [-0.39, 0.29) is 12.6 Å². The number of rotatable bonds is 9. The zero-order valence-electron chi connectivity index (χ0n) is 18.3. The average Bonchev–Trinajstić information content (AvgIpc) is 2.70. The molecule has 0 fully saturated rings. The van der Waals surface area contributed by atoms with E-state index in [4.69, 9.17) is 18.9 Å². The van der Waals surface area contributed by atoms with Crippen molar-refractivity contribution >= 4 is 11.9 Å². The van der Waals surface area contributed by atoms with Gasteiger partial charge in [-0.25, -0.2) is 4.79 Å². The van der Waals surface area contributed by atoms with Gasteiger partial charge in [0.2, 0.25) is 0 Å². The Morgan fingerprint density at radius 2 is 1.63 bits per heavy atom. The van der Waals surface area contributed by atoms with Crippen molar-refractivity contribution in [2.45, 2.75) is 33.7 Å². The topological polar surface area (TPSA) is 83.1 Å². The fourth-order valence-electron chi connectivity index (χ4n) is 3.25. The van der Waals surface area contributed by atoms with E-state index in [2.05, 4.69) is 5.32 Å². The van der Waals surface area contributed by atoms with Crippen molar-refractivity contribution in [3.05, 3.63) is 52.6 Å². The van der Waals surface area contributed by atoms with Crippen LogP contribution in [0.1, 0.15) is 35.2 Å². The van der Waals surface area contributed by atoms with Crippen LogP contribution < -0.4 is 19.5 Å². The normalized spacial score (nSPS) is 11.4. The molecule has 2 aromatic rings. The maximum atomic E-state index is 12.2. The van der Waals surface area contributed by atoms with Gasteiger partial charge in [0, 0.05) is 5.56 Å². The van der Waals surface area contributed by atoms with Crippen LogP contribution in [0.5, 0.6) is 17.2 Å². The summed E-state index contributed by atoms with van der Waals surface area (Å²) >= 11 is 0. The second-order valence-corrected chi connectivity index (χ2v) is 7.07. The van der Waals surface area contributed by atoms with Gasteiger partial charge in [0.1, 0.15) is 17.2 Å². The predicted molar refractivity (Wildman–Crippen MR) is 113 cm³/mol. The van der Waals surface area contributed by atoms with Crippen molar-refractivity contribution in [2.24, 2.45) is 0 Å². The molecule has 30 heavy (non-hydrogen) atoms. The van der Waals surface area contributed by atoms with E-state index in [0.717, 1.165) is 22.3 Å². The fraction of sp³-hybridized carbons (Fsp3) is 0.391. The molecule has 0 aliphatic rings. The van der Waals surface area contributed by atoms with Gasteiger partial charge in [-0.2, -0.15) is 0 Å². The molecule has 0 aromatic heterocycles. The van der Waals surface area contributed by atoms with Crippen molar-refractivity contribution in [3.63, 3.8) is 0 Å². The summed E-state index contributed by atoms with van der Waals surface area (Å²) in [6.07, 6.45) is 0. The van der Waals surface area contributed by atoms with Crippen LogP contribution in [0.15, 0.2) is 30.3 Å². The molecule has 0 heterocycles.